The van der Waals surface area contributed by atoms with E-state index in [2.05, 4.69) is 20.8 Å². The predicted octanol–water partition coefficient (Wildman–Crippen LogP) is 0.595. The molecular formula is C15H18BrN2O4-. The van der Waals surface area contributed by atoms with Crippen molar-refractivity contribution in [1.82, 2.24) is 9.80 Å². The van der Waals surface area contributed by atoms with Crippen molar-refractivity contribution in [3.05, 3.63) is 28.2 Å². The molecule has 0 bridgehead atoms. The Morgan fingerprint density at radius 2 is 2.05 bits per heavy atom. The van der Waals surface area contributed by atoms with Crippen molar-refractivity contribution < 1.29 is 19.7 Å². The highest BCUT2D eigenvalue weighted by molar-refractivity contribution is 9.10. The fourth-order valence-electron chi connectivity index (χ4n) is 3.16. The van der Waals surface area contributed by atoms with Crippen LogP contribution in [0.3, 0.4) is 0 Å². The van der Waals surface area contributed by atoms with Crippen LogP contribution in [0.1, 0.15) is 18.0 Å². The number of hydrogen-bond donors (Lipinski definition) is 1. The lowest BCUT2D eigenvalue weighted by atomic mass is 9.97. The second-order valence-corrected chi connectivity index (χ2v) is 6.54. The van der Waals surface area contributed by atoms with Gasteiger partial charge in [0.05, 0.1) is 18.8 Å². The third-order valence-corrected chi connectivity index (χ3v) is 4.79. The van der Waals surface area contributed by atoms with Crippen LogP contribution in [0.4, 0.5) is 4.79 Å². The summed E-state index contributed by atoms with van der Waals surface area (Å²) in [6.07, 6.45) is -1.12. The molecule has 1 aromatic carbocycles. The largest absolute Gasteiger partial charge is 0.530 e. The number of amides is 1. The molecule has 2 atom stereocenters. The van der Waals surface area contributed by atoms with Gasteiger partial charge in [-0.3, -0.25) is 4.90 Å². The van der Waals surface area contributed by atoms with E-state index < -0.39 is 12.2 Å². The van der Waals surface area contributed by atoms with Gasteiger partial charge in [0.1, 0.15) is 11.8 Å². The number of rotatable bonds is 1. The Labute approximate surface area is 137 Å². The van der Waals surface area contributed by atoms with Crippen molar-refractivity contribution >= 4 is 22.0 Å². The van der Waals surface area contributed by atoms with Crippen LogP contribution in [0.2, 0.25) is 0 Å². The number of ether oxygens (including phenoxy) is 1. The van der Waals surface area contributed by atoms with Gasteiger partial charge in [-0.25, -0.2) is 0 Å². The van der Waals surface area contributed by atoms with Crippen LogP contribution in [-0.4, -0.2) is 59.9 Å². The molecule has 2 aliphatic heterocycles. The summed E-state index contributed by atoms with van der Waals surface area (Å²) in [7, 11) is 0. The van der Waals surface area contributed by atoms with E-state index in [1.54, 1.807) is 0 Å². The van der Waals surface area contributed by atoms with Crippen molar-refractivity contribution in [3.8, 4) is 5.75 Å². The van der Waals surface area contributed by atoms with E-state index in [1.807, 2.05) is 18.2 Å². The average Bonchev–Trinajstić information content (AvgIpc) is 2.65. The Balaban J connectivity index is 1.86. The number of piperazine rings is 1. The van der Waals surface area contributed by atoms with Crippen LogP contribution in [0.5, 0.6) is 5.75 Å². The molecule has 3 rings (SSSR count). The molecule has 2 unspecified atom stereocenters. The monoisotopic (exact) mass is 369 g/mol. The summed E-state index contributed by atoms with van der Waals surface area (Å²) in [4.78, 5) is 14.4. The Kier molecular flexibility index (Phi) is 4.56. The number of hydrogen-bond acceptors (Lipinski definition) is 5. The minimum atomic E-state index is -1.13. The number of aliphatic hydroxyl groups excluding tert-OH is 1. The standard InChI is InChI=1S/C15H19BrN2O4/c16-10-1-2-13-11(9-10)14(12(19)3-8-22-13)17-4-6-18(7-5-17)15(20)21/h1-2,9,12,14,19H,3-8H2,(H,20,21)/p-1. The quantitative estimate of drug-likeness (QED) is 0.784. The number of fused-ring (bicyclic) bond motifs is 1. The first kappa shape index (κ1) is 15.6. The van der Waals surface area contributed by atoms with Crippen LogP contribution in [-0.2, 0) is 0 Å². The summed E-state index contributed by atoms with van der Waals surface area (Å²) < 4.78 is 6.66. The Bertz CT molecular complexity index is 560. The molecule has 7 heteroatoms. The molecule has 1 amide bonds. The lowest BCUT2D eigenvalue weighted by molar-refractivity contribution is -0.267. The Morgan fingerprint density at radius 1 is 1.32 bits per heavy atom. The summed E-state index contributed by atoms with van der Waals surface area (Å²) in [6, 6.07) is 5.61. The maximum absolute atomic E-state index is 10.9. The third-order valence-electron chi connectivity index (χ3n) is 4.29. The number of carbonyl (C=O) groups excluding carboxylic acids is 1. The van der Waals surface area contributed by atoms with E-state index in [9.17, 15) is 15.0 Å². The van der Waals surface area contributed by atoms with Crippen LogP contribution >= 0.6 is 15.9 Å². The minimum Gasteiger partial charge on any atom is -0.530 e. The second-order valence-electron chi connectivity index (χ2n) is 5.62. The summed E-state index contributed by atoms with van der Waals surface area (Å²) in [6.45, 7) is 2.42. The normalized spacial score (nSPS) is 26.0. The number of benzene rings is 1. The molecule has 120 valence electrons. The molecule has 1 saturated heterocycles. The van der Waals surface area contributed by atoms with Crippen LogP contribution in [0.25, 0.3) is 0 Å². The summed E-state index contributed by atoms with van der Waals surface area (Å²) in [5, 5.41) is 21.5. The number of halogens is 1. The van der Waals surface area contributed by atoms with Gasteiger partial charge in [0.2, 0.25) is 0 Å². The van der Waals surface area contributed by atoms with Gasteiger partial charge in [-0.1, -0.05) is 15.9 Å². The van der Waals surface area contributed by atoms with Gasteiger partial charge in [0.25, 0.3) is 0 Å². The SMILES string of the molecule is O=C([O-])N1CCN(C2c3cc(Br)ccc3OCCC2O)CC1. The lowest BCUT2D eigenvalue weighted by Gasteiger charge is -2.41. The van der Waals surface area contributed by atoms with Crippen molar-refractivity contribution in [2.75, 3.05) is 32.8 Å². The van der Waals surface area contributed by atoms with Gasteiger partial charge in [-0.2, -0.15) is 0 Å². The van der Waals surface area contributed by atoms with E-state index in [1.165, 1.54) is 4.90 Å². The molecule has 2 aliphatic rings. The minimum absolute atomic E-state index is 0.182. The number of aliphatic hydroxyl groups is 1. The number of carboxylic acid groups (broad SMARTS) is 1. The zero-order valence-corrected chi connectivity index (χ0v) is 13.7. The van der Waals surface area contributed by atoms with E-state index in [0.717, 1.165) is 15.8 Å². The third kappa shape index (κ3) is 3.06. The van der Waals surface area contributed by atoms with Crippen molar-refractivity contribution in [2.45, 2.75) is 18.6 Å². The van der Waals surface area contributed by atoms with Gasteiger partial charge in [0, 0.05) is 42.6 Å². The summed E-state index contributed by atoms with van der Waals surface area (Å²) >= 11 is 3.47. The van der Waals surface area contributed by atoms with E-state index >= 15 is 0 Å². The van der Waals surface area contributed by atoms with Gasteiger partial charge >= 0.3 is 0 Å². The molecule has 0 saturated carbocycles. The van der Waals surface area contributed by atoms with Gasteiger partial charge in [-0.05, 0) is 18.2 Å². The van der Waals surface area contributed by atoms with E-state index in [-0.39, 0.29) is 6.04 Å². The fourth-order valence-corrected chi connectivity index (χ4v) is 3.54. The first-order valence-corrected chi connectivity index (χ1v) is 8.16. The predicted molar refractivity (Wildman–Crippen MR) is 81.5 cm³/mol. The fraction of sp³-hybridized carbons (Fsp3) is 0.533. The number of nitrogens with zero attached hydrogens (tertiary/aromatic N) is 2. The van der Waals surface area contributed by atoms with Crippen LogP contribution in [0.15, 0.2) is 22.7 Å². The molecule has 22 heavy (non-hydrogen) atoms. The molecular weight excluding hydrogens is 352 g/mol. The summed E-state index contributed by atoms with van der Waals surface area (Å²) in [5.41, 5.74) is 0.946. The lowest BCUT2D eigenvalue weighted by Crippen LogP contribution is -2.54. The number of carbonyl (C=O) groups is 1. The van der Waals surface area contributed by atoms with Crippen LogP contribution in [0, 0.1) is 0 Å². The summed E-state index contributed by atoms with van der Waals surface area (Å²) in [5.74, 6) is 0.784. The molecule has 1 fully saturated rings. The highest BCUT2D eigenvalue weighted by Gasteiger charge is 2.34. The molecule has 2 heterocycles. The maximum atomic E-state index is 10.9. The maximum Gasteiger partial charge on any atom is 0.137 e. The van der Waals surface area contributed by atoms with Gasteiger partial charge < -0.3 is 24.6 Å². The topological polar surface area (TPSA) is 76.1 Å². The van der Waals surface area contributed by atoms with Gasteiger partial charge in [0.15, 0.2) is 0 Å². The van der Waals surface area contributed by atoms with Crippen molar-refractivity contribution in [3.63, 3.8) is 0 Å². The van der Waals surface area contributed by atoms with Gasteiger partial charge in [-0.15, -0.1) is 0 Å². The van der Waals surface area contributed by atoms with E-state index in [0.29, 0.717) is 39.2 Å². The van der Waals surface area contributed by atoms with Crippen LogP contribution < -0.4 is 9.84 Å². The molecule has 1 aromatic rings. The zero-order chi connectivity index (χ0) is 15.7. The molecule has 6 nitrogen and oxygen atoms in total. The van der Waals surface area contributed by atoms with Crippen molar-refractivity contribution in [1.29, 1.82) is 0 Å². The second kappa shape index (κ2) is 6.44. The van der Waals surface area contributed by atoms with Crippen molar-refractivity contribution in [2.24, 2.45) is 0 Å². The smallest absolute Gasteiger partial charge is 0.137 e. The Hall–Kier alpha value is -1.31. The molecule has 0 radical (unpaired) electrons. The molecule has 0 aliphatic carbocycles. The zero-order valence-electron chi connectivity index (χ0n) is 12.1. The molecule has 0 spiro atoms. The average molecular weight is 370 g/mol. The first-order valence-electron chi connectivity index (χ1n) is 7.36. The highest BCUT2D eigenvalue weighted by atomic mass is 79.9. The first-order chi connectivity index (χ1) is 10.6. The van der Waals surface area contributed by atoms with E-state index in [4.69, 9.17) is 4.74 Å². The molecule has 0 aromatic heterocycles. The Morgan fingerprint density at radius 3 is 2.73 bits per heavy atom. The highest BCUT2D eigenvalue weighted by Crippen LogP contribution is 2.37. The molecule has 1 N–H and O–H groups in total.